The minimum atomic E-state index is -0.458. The standard InChI is InChI=1S/C17H15N3O3/c1-23-13-10-6-5-9-12(13)14-15(21)19-17(20-16(14)22)18-11-7-3-2-4-8-11/h2-10H,1H3,(H3,18,19,20,21,22). The monoisotopic (exact) mass is 309 g/mol. The van der Waals surface area contributed by atoms with Crippen molar-refractivity contribution in [3.8, 4) is 22.8 Å². The molecule has 0 amide bonds. The molecule has 6 heteroatoms. The predicted octanol–water partition coefficient (Wildman–Crippen LogP) is 2.89. The Kier molecular flexibility index (Phi) is 3.97. The van der Waals surface area contributed by atoms with Crippen molar-refractivity contribution in [3.63, 3.8) is 0 Å². The van der Waals surface area contributed by atoms with Crippen molar-refractivity contribution in [3.05, 3.63) is 65.0 Å². The molecule has 3 rings (SSSR count). The molecule has 0 fully saturated rings. The third-order valence-electron chi connectivity index (χ3n) is 3.31. The van der Waals surface area contributed by atoms with Gasteiger partial charge in [-0.2, -0.15) is 4.98 Å². The Balaban J connectivity index is 2.03. The van der Waals surface area contributed by atoms with Gasteiger partial charge in [0, 0.05) is 11.3 Å². The first-order valence-electron chi connectivity index (χ1n) is 6.98. The van der Waals surface area contributed by atoms with Gasteiger partial charge in [-0.1, -0.05) is 36.4 Å². The second kappa shape index (κ2) is 6.23. The Morgan fingerprint density at radius 2 is 1.78 bits per heavy atom. The van der Waals surface area contributed by atoms with Crippen LogP contribution in [0.25, 0.3) is 11.1 Å². The Bertz CT molecular complexity index is 876. The molecule has 0 atom stereocenters. The molecule has 0 radical (unpaired) electrons. The highest BCUT2D eigenvalue weighted by Crippen LogP contribution is 2.32. The van der Waals surface area contributed by atoms with E-state index in [1.54, 1.807) is 24.3 Å². The highest BCUT2D eigenvalue weighted by molar-refractivity contribution is 5.74. The van der Waals surface area contributed by atoms with E-state index in [0.29, 0.717) is 11.3 Å². The smallest absolute Gasteiger partial charge is 0.264 e. The van der Waals surface area contributed by atoms with Crippen LogP contribution >= 0.6 is 0 Å². The average molecular weight is 309 g/mol. The zero-order chi connectivity index (χ0) is 16.2. The molecule has 0 saturated heterocycles. The lowest BCUT2D eigenvalue weighted by molar-refractivity contribution is 0.415. The molecule has 116 valence electrons. The molecule has 3 N–H and O–H groups in total. The maximum absolute atomic E-state index is 12.4. The van der Waals surface area contributed by atoms with E-state index in [0.717, 1.165) is 5.69 Å². The van der Waals surface area contributed by atoms with Crippen LogP contribution < -0.4 is 15.6 Å². The summed E-state index contributed by atoms with van der Waals surface area (Å²) >= 11 is 0. The summed E-state index contributed by atoms with van der Waals surface area (Å²) in [6, 6.07) is 16.2. The highest BCUT2D eigenvalue weighted by Gasteiger charge is 2.16. The van der Waals surface area contributed by atoms with E-state index in [1.807, 2.05) is 30.3 Å². The molecule has 2 aromatic carbocycles. The molecule has 0 spiro atoms. The molecular weight excluding hydrogens is 294 g/mol. The number of aromatic amines is 1. The second-order valence-electron chi connectivity index (χ2n) is 4.80. The van der Waals surface area contributed by atoms with Gasteiger partial charge in [0.25, 0.3) is 5.56 Å². The lowest BCUT2D eigenvalue weighted by Crippen LogP contribution is -2.13. The van der Waals surface area contributed by atoms with Gasteiger partial charge in [-0.15, -0.1) is 0 Å². The van der Waals surface area contributed by atoms with E-state index < -0.39 is 5.56 Å². The molecule has 0 aliphatic rings. The van der Waals surface area contributed by atoms with Crippen LogP contribution in [0.15, 0.2) is 59.4 Å². The summed E-state index contributed by atoms with van der Waals surface area (Å²) in [5.74, 6) is 0.285. The summed E-state index contributed by atoms with van der Waals surface area (Å²) in [6.07, 6.45) is 0. The summed E-state index contributed by atoms with van der Waals surface area (Å²) in [5, 5.41) is 13.1. The summed E-state index contributed by atoms with van der Waals surface area (Å²) in [7, 11) is 1.50. The first-order valence-corrected chi connectivity index (χ1v) is 6.98. The Morgan fingerprint density at radius 1 is 1.09 bits per heavy atom. The first kappa shape index (κ1) is 14.6. The number of para-hydroxylation sites is 2. The van der Waals surface area contributed by atoms with E-state index in [9.17, 15) is 9.90 Å². The van der Waals surface area contributed by atoms with Gasteiger partial charge in [0.2, 0.25) is 11.8 Å². The van der Waals surface area contributed by atoms with Crippen LogP contribution in [0.3, 0.4) is 0 Å². The van der Waals surface area contributed by atoms with Crippen molar-refractivity contribution in [1.29, 1.82) is 0 Å². The van der Waals surface area contributed by atoms with Crippen molar-refractivity contribution in [2.45, 2.75) is 0 Å². The van der Waals surface area contributed by atoms with Gasteiger partial charge >= 0.3 is 0 Å². The number of benzene rings is 2. The molecule has 3 aromatic rings. The third kappa shape index (κ3) is 3.01. The van der Waals surface area contributed by atoms with Crippen molar-refractivity contribution >= 4 is 11.6 Å². The number of H-pyrrole nitrogens is 1. The Morgan fingerprint density at radius 3 is 2.48 bits per heavy atom. The first-order chi connectivity index (χ1) is 11.2. The van der Waals surface area contributed by atoms with E-state index in [4.69, 9.17) is 4.74 Å². The van der Waals surface area contributed by atoms with Gasteiger partial charge in [-0.25, -0.2) is 0 Å². The number of nitrogens with zero attached hydrogens (tertiary/aromatic N) is 1. The van der Waals surface area contributed by atoms with Crippen molar-refractivity contribution in [2.24, 2.45) is 0 Å². The quantitative estimate of drug-likeness (QED) is 0.690. The van der Waals surface area contributed by atoms with Crippen LogP contribution in [0.4, 0.5) is 11.6 Å². The molecule has 0 aliphatic carbocycles. The summed E-state index contributed by atoms with van der Waals surface area (Å²) in [4.78, 5) is 19.0. The fourth-order valence-corrected chi connectivity index (χ4v) is 2.27. The van der Waals surface area contributed by atoms with Crippen molar-refractivity contribution < 1.29 is 9.84 Å². The van der Waals surface area contributed by atoms with Gasteiger partial charge < -0.3 is 15.2 Å². The average Bonchev–Trinajstić information content (AvgIpc) is 2.55. The van der Waals surface area contributed by atoms with Crippen LogP contribution in [0.1, 0.15) is 0 Å². The van der Waals surface area contributed by atoms with Gasteiger partial charge in [0.1, 0.15) is 11.3 Å². The third-order valence-corrected chi connectivity index (χ3v) is 3.31. The van der Waals surface area contributed by atoms with E-state index >= 15 is 0 Å². The van der Waals surface area contributed by atoms with Gasteiger partial charge in [-0.3, -0.25) is 9.78 Å². The maximum Gasteiger partial charge on any atom is 0.264 e. The minimum absolute atomic E-state index is 0.0704. The van der Waals surface area contributed by atoms with E-state index in [-0.39, 0.29) is 17.4 Å². The lowest BCUT2D eigenvalue weighted by Gasteiger charge is -2.10. The van der Waals surface area contributed by atoms with Crippen LogP contribution in [-0.2, 0) is 0 Å². The van der Waals surface area contributed by atoms with Crippen LogP contribution in [0.2, 0.25) is 0 Å². The van der Waals surface area contributed by atoms with Crippen molar-refractivity contribution in [1.82, 2.24) is 9.97 Å². The van der Waals surface area contributed by atoms with E-state index in [2.05, 4.69) is 15.3 Å². The molecule has 0 bridgehead atoms. The summed E-state index contributed by atoms with van der Waals surface area (Å²) in [6.45, 7) is 0. The number of ether oxygens (including phenoxy) is 1. The molecule has 1 heterocycles. The highest BCUT2D eigenvalue weighted by atomic mass is 16.5. The molecule has 6 nitrogen and oxygen atoms in total. The molecular formula is C17H15N3O3. The number of hydrogen-bond donors (Lipinski definition) is 3. The number of nitrogens with one attached hydrogen (secondary N) is 2. The molecule has 0 unspecified atom stereocenters. The molecule has 1 aromatic heterocycles. The number of anilines is 2. The molecule has 23 heavy (non-hydrogen) atoms. The van der Waals surface area contributed by atoms with Gasteiger partial charge in [0.05, 0.1) is 7.11 Å². The SMILES string of the molecule is COc1ccccc1-c1c(O)nc(Nc2ccccc2)[nH]c1=O. The van der Waals surface area contributed by atoms with Crippen molar-refractivity contribution in [2.75, 3.05) is 12.4 Å². The molecule has 0 aliphatic heterocycles. The van der Waals surface area contributed by atoms with E-state index in [1.165, 1.54) is 7.11 Å². The van der Waals surface area contributed by atoms with Crippen LogP contribution in [0.5, 0.6) is 11.6 Å². The minimum Gasteiger partial charge on any atom is -0.496 e. The normalized spacial score (nSPS) is 10.3. The number of aromatic nitrogens is 2. The van der Waals surface area contributed by atoms with Crippen LogP contribution in [0, 0.1) is 0 Å². The predicted molar refractivity (Wildman–Crippen MR) is 88.2 cm³/mol. The second-order valence-corrected chi connectivity index (χ2v) is 4.80. The maximum atomic E-state index is 12.4. The van der Waals surface area contributed by atoms with Gasteiger partial charge in [-0.05, 0) is 18.2 Å². The fraction of sp³-hybridized carbons (Fsp3) is 0.0588. The number of methoxy groups -OCH3 is 1. The largest absolute Gasteiger partial charge is 0.496 e. The zero-order valence-corrected chi connectivity index (χ0v) is 12.4. The number of hydrogen-bond acceptors (Lipinski definition) is 5. The number of rotatable bonds is 4. The lowest BCUT2D eigenvalue weighted by atomic mass is 10.1. The Labute approximate surface area is 132 Å². The zero-order valence-electron chi connectivity index (χ0n) is 12.4. The molecule has 0 saturated carbocycles. The summed E-state index contributed by atoms with van der Waals surface area (Å²) in [5.41, 5.74) is 0.842. The fourth-order valence-electron chi connectivity index (χ4n) is 2.27. The Hall–Kier alpha value is -3.28. The topological polar surface area (TPSA) is 87.2 Å². The van der Waals surface area contributed by atoms with Gasteiger partial charge in [0.15, 0.2) is 0 Å². The number of aromatic hydroxyl groups is 1. The van der Waals surface area contributed by atoms with Crippen LogP contribution in [-0.4, -0.2) is 22.2 Å². The summed E-state index contributed by atoms with van der Waals surface area (Å²) < 4.78 is 5.23.